The Labute approximate surface area is 165 Å². The van der Waals surface area contributed by atoms with Gasteiger partial charge in [0.05, 0.1) is 12.3 Å². The maximum absolute atomic E-state index is 12.4. The summed E-state index contributed by atoms with van der Waals surface area (Å²) < 4.78 is 5.44. The van der Waals surface area contributed by atoms with Crippen molar-refractivity contribution in [2.45, 2.75) is 33.2 Å². The number of benzene rings is 1. The first-order valence-electron chi connectivity index (χ1n) is 7.59. The van der Waals surface area contributed by atoms with Gasteiger partial charge in [-0.2, -0.15) is 0 Å². The van der Waals surface area contributed by atoms with Crippen LogP contribution in [0.3, 0.4) is 0 Å². The molecule has 8 heteroatoms. The number of hydrogen-bond acceptors (Lipinski definition) is 5. The average Bonchev–Trinajstić information content (AvgIpc) is 2.90. The number of carbonyl (C=O) groups excluding carboxylic acids is 1. The van der Waals surface area contributed by atoms with Crippen LogP contribution >= 0.6 is 36.2 Å². The van der Waals surface area contributed by atoms with E-state index in [1.165, 1.54) is 11.3 Å². The first-order chi connectivity index (χ1) is 10.9. The van der Waals surface area contributed by atoms with Gasteiger partial charge in [0.15, 0.2) is 0 Å². The highest BCUT2D eigenvalue weighted by Crippen LogP contribution is 2.29. The van der Waals surface area contributed by atoms with E-state index in [4.69, 9.17) is 10.5 Å². The minimum Gasteiger partial charge on any atom is -0.494 e. The van der Waals surface area contributed by atoms with Crippen LogP contribution in [0.5, 0.6) is 5.75 Å². The third-order valence-corrected chi connectivity index (χ3v) is 4.58. The van der Waals surface area contributed by atoms with Crippen molar-refractivity contribution in [3.05, 3.63) is 34.8 Å². The monoisotopic (exact) mass is 405 g/mol. The van der Waals surface area contributed by atoms with Crippen molar-refractivity contribution in [3.8, 4) is 16.3 Å². The van der Waals surface area contributed by atoms with Crippen LogP contribution in [0.2, 0.25) is 0 Å². The topological polar surface area (TPSA) is 77.2 Å². The lowest BCUT2D eigenvalue weighted by Crippen LogP contribution is -2.48. The number of hydrogen-bond donors (Lipinski definition) is 2. The Bertz CT molecular complexity index is 688. The predicted octanol–water partition coefficient (Wildman–Crippen LogP) is 3.83. The van der Waals surface area contributed by atoms with E-state index in [9.17, 15) is 4.79 Å². The van der Waals surface area contributed by atoms with Gasteiger partial charge in [0, 0.05) is 17.6 Å². The number of aryl methyl sites for hydroxylation is 1. The summed E-state index contributed by atoms with van der Waals surface area (Å²) in [5.41, 5.74) is 6.93. The second kappa shape index (κ2) is 9.97. The summed E-state index contributed by atoms with van der Waals surface area (Å²) in [6, 6.07) is 7.73. The molecule has 1 amide bonds. The minimum atomic E-state index is -0.438. The molecule has 1 aromatic heterocycles. The molecule has 1 aromatic carbocycles. The van der Waals surface area contributed by atoms with Crippen LogP contribution in [-0.2, 0) is 0 Å². The summed E-state index contributed by atoms with van der Waals surface area (Å²) in [7, 11) is 0. The van der Waals surface area contributed by atoms with Gasteiger partial charge in [0.1, 0.15) is 15.6 Å². The number of rotatable bonds is 6. The molecule has 5 nitrogen and oxygen atoms in total. The van der Waals surface area contributed by atoms with Crippen LogP contribution in [0.25, 0.3) is 10.6 Å². The van der Waals surface area contributed by atoms with E-state index in [0.717, 1.165) is 22.0 Å². The van der Waals surface area contributed by atoms with Crippen LogP contribution in [-0.4, -0.2) is 29.6 Å². The van der Waals surface area contributed by atoms with Gasteiger partial charge in [-0.1, -0.05) is 0 Å². The van der Waals surface area contributed by atoms with Crippen molar-refractivity contribution in [2.75, 3.05) is 13.2 Å². The quantitative estimate of drug-likeness (QED) is 0.765. The standard InChI is InChI=1S/C17H23N3O2S.2ClH/c1-5-22-13-8-6-12(7-9-13)16-19-11(2)14(23-16)15(21)20-17(3,4)10-18;;/h6-9H,5,10,18H2,1-4H3,(H,20,21);2*1H. The average molecular weight is 406 g/mol. The molecule has 0 saturated heterocycles. The third kappa shape index (κ3) is 6.15. The zero-order valence-electron chi connectivity index (χ0n) is 14.8. The Morgan fingerprint density at radius 1 is 1.28 bits per heavy atom. The predicted molar refractivity (Wildman–Crippen MR) is 109 cm³/mol. The summed E-state index contributed by atoms with van der Waals surface area (Å²) in [6.45, 7) is 8.60. The van der Waals surface area contributed by atoms with Crippen molar-refractivity contribution in [2.24, 2.45) is 5.73 Å². The van der Waals surface area contributed by atoms with E-state index in [2.05, 4.69) is 10.3 Å². The SMILES string of the molecule is CCOc1ccc(-c2nc(C)c(C(=O)NC(C)(C)CN)s2)cc1.Cl.Cl. The lowest BCUT2D eigenvalue weighted by atomic mass is 10.1. The van der Waals surface area contributed by atoms with Crippen LogP contribution in [0.15, 0.2) is 24.3 Å². The molecule has 0 bridgehead atoms. The van der Waals surface area contributed by atoms with E-state index in [1.807, 2.05) is 52.0 Å². The number of nitrogens with one attached hydrogen (secondary N) is 1. The zero-order chi connectivity index (χ0) is 17.0. The molecular weight excluding hydrogens is 381 g/mol. The normalized spacial score (nSPS) is 10.4. The number of aromatic nitrogens is 1. The Kier molecular flexibility index (Phi) is 9.43. The van der Waals surface area contributed by atoms with E-state index in [0.29, 0.717) is 18.0 Å². The highest BCUT2D eigenvalue weighted by molar-refractivity contribution is 7.17. The van der Waals surface area contributed by atoms with Gasteiger partial charge in [0.25, 0.3) is 5.91 Å². The largest absolute Gasteiger partial charge is 0.494 e. The number of nitrogens with two attached hydrogens (primary N) is 1. The van der Waals surface area contributed by atoms with Crippen LogP contribution in [0.4, 0.5) is 0 Å². The summed E-state index contributed by atoms with van der Waals surface area (Å²) in [4.78, 5) is 17.5. The van der Waals surface area contributed by atoms with Crippen molar-refractivity contribution in [3.63, 3.8) is 0 Å². The van der Waals surface area contributed by atoms with E-state index in [1.54, 1.807) is 0 Å². The number of thiazole rings is 1. The fourth-order valence-corrected chi connectivity index (χ4v) is 2.97. The van der Waals surface area contributed by atoms with Gasteiger partial charge in [-0.15, -0.1) is 36.2 Å². The Morgan fingerprint density at radius 3 is 2.40 bits per heavy atom. The molecule has 0 unspecified atom stereocenters. The molecule has 0 aliphatic heterocycles. The van der Waals surface area contributed by atoms with Crippen LogP contribution < -0.4 is 15.8 Å². The molecule has 25 heavy (non-hydrogen) atoms. The summed E-state index contributed by atoms with van der Waals surface area (Å²) in [5, 5.41) is 3.76. The van der Waals surface area contributed by atoms with Gasteiger partial charge in [-0.25, -0.2) is 4.98 Å². The summed E-state index contributed by atoms with van der Waals surface area (Å²) in [5.74, 6) is 0.694. The smallest absolute Gasteiger partial charge is 0.263 e. The molecule has 0 saturated carbocycles. The van der Waals surface area contributed by atoms with Crippen molar-refractivity contribution >= 4 is 42.1 Å². The first kappa shape index (κ1) is 23.7. The molecule has 0 fully saturated rings. The van der Waals surface area contributed by atoms with Gasteiger partial charge < -0.3 is 15.8 Å². The molecule has 1 heterocycles. The van der Waals surface area contributed by atoms with Gasteiger partial charge >= 0.3 is 0 Å². The molecule has 0 atom stereocenters. The molecule has 0 radical (unpaired) electrons. The van der Waals surface area contributed by atoms with E-state index in [-0.39, 0.29) is 30.7 Å². The second-order valence-electron chi connectivity index (χ2n) is 5.93. The Hall–Kier alpha value is -1.34. The lowest BCUT2D eigenvalue weighted by molar-refractivity contribution is 0.0919. The number of nitrogens with zero attached hydrogens (tertiary/aromatic N) is 1. The minimum absolute atomic E-state index is 0. The first-order valence-corrected chi connectivity index (χ1v) is 8.41. The van der Waals surface area contributed by atoms with Gasteiger partial charge in [0.2, 0.25) is 0 Å². The fraction of sp³-hybridized carbons (Fsp3) is 0.412. The van der Waals surface area contributed by atoms with Gasteiger partial charge in [-0.05, 0) is 52.0 Å². The Morgan fingerprint density at radius 2 is 1.88 bits per heavy atom. The number of halogens is 2. The summed E-state index contributed by atoms with van der Waals surface area (Å²) >= 11 is 1.39. The molecule has 2 rings (SSSR count). The van der Waals surface area contributed by atoms with E-state index < -0.39 is 5.54 Å². The summed E-state index contributed by atoms with van der Waals surface area (Å²) in [6.07, 6.45) is 0. The zero-order valence-corrected chi connectivity index (χ0v) is 17.2. The molecule has 140 valence electrons. The molecule has 0 spiro atoms. The molecule has 2 aromatic rings. The van der Waals surface area contributed by atoms with Crippen LogP contribution in [0, 0.1) is 6.92 Å². The van der Waals surface area contributed by atoms with E-state index >= 15 is 0 Å². The number of amides is 1. The number of carbonyl (C=O) groups is 1. The van der Waals surface area contributed by atoms with Gasteiger partial charge in [-0.3, -0.25) is 4.79 Å². The number of ether oxygens (including phenoxy) is 1. The van der Waals surface area contributed by atoms with Crippen LogP contribution in [0.1, 0.15) is 36.1 Å². The molecule has 0 aliphatic carbocycles. The molecular formula is C17H25Cl2N3O2S. The highest BCUT2D eigenvalue weighted by Gasteiger charge is 2.23. The maximum atomic E-state index is 12.4. The molecule has 3 N–H and O–H groups in total. The lowest BCUT2D eigenvalue weighted by Gasteiger charge is -2.23. The Balaban J connectivity index is 0.00000288. The van der Waals surface area contributed by atoms with Crippen molar-refractivity contribution in [1.29, 1.82) is 0 Å². The highest BCUT2D eigenvalue weighted by atomic mass is 35.5. The second-order valence-corrected chi connectivity index (χ2v) is 6.93. The van der Waals surface area contributed by atoms with Crippen molar-refractivity contribution in [1.82, 2.24) is 10.3 Å². The third-order valence-electron chi connectivity index (χ3n) is 3.38. The fourth-order valence-electron chi connectivity index (χ4n) is 2.01. The van der Waals surface area contributed by atoms with Crippen molar-refractivity contribution < 1.29 is 9.53 Å². The maximum Gasteiger partial charge on any atom is 0.263 e. The molecule has 0 aliphatic rings.